The van der Waals surface area contributed by atoms with E-state index in [2.05, 4.69) is 0 Å². The summed E-state index contributed by atoms with van der Waals surface area (Å²) in [5, 5.41) is 10.9. The van der Waals surface area contributed by atoms with Crippen LogP contribution in [0.2, 0.25) is 0 Å². The number of carbonyl (C=O) groups excluding carboxylic acids is 2. The number of aromatic hydroxyl groups is 1. The van der Waals surface area contributed by atoms with Crippen molar-refractivity contribution >= 4 is 43.9 Å². The predicted octanol–water partition coefficient (Wildman–Crippen LogP) is 3.49. The molecule has 0 spiro atoms. The Balaban J connectivity index is 1.85. The molecule has 0 radical (unpaired) electrons. The molecular formula is C25H18N2O5S. The number of benzene rings is 3. The van der Waals surface area contributed by atoms with Gasteiger partial charge in [-0.2, -0.15) is 0 Å². The van der Waals surface area contributed by atoms with Gasteiger partial charge in [0, 0.05) is 29.8 Å². The van der Waals surface area contributed by atoms with Gasteiger partial charge in [0.1, 0.15) is 5.75 Å². The van der Waals surface area contributed by atoms with Crippen molar-refractivity contribution in [3.63, 3.8) is 0 Å². The lowest BCUT2D eigenvalue weighted by atomic mass is 9.95. The zero-order valence-corrected chi connectivity index (χ0v) is 18.3. The van der Waals surface area contributed by atoms with Crippen LogP contribution in [0.15, 0.2) is 90.0 Å². The molecule has 1 aromatic heterocycles. The lowest BCUT2D eigenvalue weighted by Gasteiger charge is -2.07. The topological polar surface area (TPSA) is 96.7 Å². The van der Waals surface area contributed by atoms with Crippen molar-refractivity contribution in [1.29, 1.82) is 0 Å². The molecule has 8 heteroatoms. The molecule has 1 aliphatic rings. The number of carbonyl (C=O) groups is 2. The Labute approximate surface area is 189 Å². The van der Waals surface area contributed by atoms with Crippen LogP contribution in [0.25, 0.3) is 22.0 Å². The summed E-state index contributed by atoms with van der Waals surface area (Å²) in [5.41, 5.74) is 0.946. The Hall–Kier alpha value is -4.17. The maximum Gasteiger partial charge on any atom is 0.268 e. The summed E-state index contributed by atoms with van der Waals surface area (Å²) in [7, 11) is -2.62. The molecule has 0 unspecified atom stereocenters. The minimum Gasteiger partial charge on any atom is -0.507 e. The van der Waals surface area contributed by atoms with E-state index in [1.807, 2.05) is 0 Å². The number of fused-ring (bicyclic) bond motifs is 1. The number of hydrogen-bond donors (Lipinski definition) is 1. The van der Waals surface area contributed by atoms with E-state index in [0.717, 1.165) is 8.87 Å². The van der Waals surface area contributed by atoms with Crippen LogP contribution in [0.5, 0.6) is 5.75 Å². The number of imide groups is 1. The monoisotopic (exact) mass is 458 g/mol. The zero-order valence-electron chi connectivity index (χ0n) is 17.5. The summed E-state index contributed by atoms with van der Waals surface area (Å²) in [6.07, 6.45) is 1.37. The maximum atomic E-state index is 13.4. The lowest BCUT2D eigenvalue weighted by molar-refractivity contribution is -0.134. The van der Waals surface area contributed by atoms with E-state index in [0.29, 0.717) is 16.5 Å². The molecule has 5 rings (SSSR count). The van der Waals surface area contributed by atoms with E-state index in [9.17, 15) is 23.1 Å². The molecule has 2 heterocycles. The minimum absolute atomic E-state index is 0.0283. The van der Waals surface area contributed by atoms with E-state index >= 15 is 0 Å². The average molecular weight is 458 g/mol. The maximum absolute atomic E-state index is 13.4. The van der Waals surface area contributed by atoms with Gasteiger partial charge in [0.25, 0.3) is 21.8 Å². The Morgan fingerprint density at radius 1 is 0.727 bits per heavy atom. The first kappa shape index (κ1) is 20.7. The third-order valence-corrected chi connectivity index (χ3v) is 7.40. The lowest BCUT2D eigenvalue weighted by Crippen LogP contribution is -2.26. The first-order valence-electron chi connectivity index (χ1n) is 10.1. The SMILES string of the molecule is CN1C(=O)C(c2ccccc2O)=C(c2cn(S(=O)(=O)c3ccccc3)c3ccccc23)C1=O. The van der Waals surface area contributed by atoms with Gasteiger partial charge in [-0.05, 0) is 24.3 Å². The smallest absolute Gasteiger partial charge is 0.268 e. The first-order chi connectivity index (χ1) is 15.8. The highest BCUT2D eigenvalue weighted by Gasteiger charge is 2.39. The summed E-state index contributed by atoms with van der Waals surface area (Å²) in [5.74, 6) is -1.29. The van der Waals surface area contributed by atoms with Crippen LogP contribution < -0.4 is 0 Å². The number of nitrogens with zero attached hydrogens (tertiary/aromatic N) is 2. The molecule has 1 N–H and O–H groups in total. The number of rotatable bonds is 4. The van der Waals surface area contributed by atoms with Crippen molar-refractivity contribution in [2.45, 2.75) is 4.90 Å². The van der Waals surface area contributed by atoms with E-state index < -0.39 is 21.8 Å². The van der Waals surface area contributed by atoms with E-state index in [1.165, 1.54) is 31.4 Å². The first-order valence-corrected chi connectivity index (χ1v) is 11.5. The Kier molecular flexibility index (Phi) is 4.68. The van der Waals surface area contributed by atoms with Gasteiger partial charge in [0.2, 0.25) is 0 Å². The van der Waals surface area contributed by atoms with Gasteiger partial charge in [-0.3, -0.25) is 14.5 Å². The summed E-state index contributed by atoms with van der Waals surface area (Å²) in [6.45, 7) is 0. The molecule has 33 heavy (non-hydrogen) atoms. The molecule has 164 valence electrons. The summed E-state index contributed by atoms with van der Waals surface area (Å²) in [4.78, 5) is 27.3. The largest absolute Gasteiger partial charge is 0.507 e. The number of phenolic OH excluding ortho intramolecular Hbond substituents is 1. The van der Waals surface area contributed by atoms with Crippen LogP contribution in [-0.2, 0) is 19.6 Å². The fraction of sp³-hybridized carbons (Fsp3) is 0.0400. The molecular weight excluding hydrogens is 440 g/mol. The van der Waals surface area contributed by atoms with Gasteiger partial charge < -0.3 is 5.11 Å². The summed E-state index contributed by atoms with van der Waals surface area (Å²) >= 11 is 0. The van der Waals surface area contributed by atoms with Gasteiger partial charge in [-0.15, -0.1) is 0 Å². The fourth-order valence-corrected chi connectivity index (χ4v) is 5.47. The normalized spacial score (nSPS) is 14.5. The average Bonchev–Trinajstić information content (AvgIpc) is 3.31. The van der Waals surface area contributed by atoms with Crippen molar-refractivity contribution in [1.82, 2.24) is 8.87 Å². The van der Waals surface area contributed by atoms with Crippen LogP contribution in [0, 0.1) is 0 Å². The Bertz CT molecular complexity index is 1580. The zero-order chi connectivity index (χ0) is 23.3. The van der Waals surface area contributed by atoms with Gasteiger partial charge >= 0.3 is 0 Å². The number of amides is 2. The van der Waals surface area contributed by atoms with Crippen LogP contribution >= 0.6 is 0 Å². The molecule has 4 aromatic rings. The van der Waals surface area contributed by atoms with Crippen LogP contribution in [-0.4, -0.2) is 41.3 Å². The van der Waals surface area contributed by atoms with E-state index in [-0.39, 0.29) is 27.4 Å². The van der Waals surface area contributed by atoms with Crippen LogP contribution in [0.1, 0.15) is 11.1 Å². The van der Waals surface area contributed by atoms with Gasteiger partial charge in [0.15, 0.2) is 0 Å². The van der Waals surface area contributed by atoms with Gasteiger partial charge in [-0.1, -0.05) is 54.6 Å². The Morgan fingerprint density at radius 3 is 2.00 bits per heavy atom. The minimum atomic E-state index is -3.97. The molecule has 2 amide bonds. The highest BCUT2D eigenvalue weighted by Crippen LogP contribution is 2.41. The highest BCUT2D eigenvalue weighted by molar-refractivity contribution is 7.90. The molecule has 0 bridgehead atoms. The molecule has 7 nitrogen and oxygen atoms in total. The number of aromatic nitrogens is 1. The van der Waals surface area contributed by atoms with Gasteiger partial charge in [0.05, 0.1) is 21.6 Å². The number of para-hydroxylation sites is 2. The number of hydrogen-bond acceptors (Lipinski definition) is 5. The molecule has 3 aromatic carbocycles. The van der Waals surface area contributed by atoms with Crippen molar-refractivity contribution in [2.24, 2.45) is 0 Å². The Morgan fingerprint density at radius 2 is 1.30 bits per heavy atom. The standard InChI is InChI=1S/C25H18N2O5S/c1-26-24(29)22(18-12-6-8-14-21(18)28)23(25(26)30)19-15-27(20-13-7-5-11-17(19)20)33(31,32)16-9-3-2-4-10-16/h2-15,28H,1H3. The van der Waals surface area contributed by atoms with Crippen LogP contribution in [0.3, 0.4) is 0 Å². The molecule has 0 aliphatic carbocycles. The quantitative estimate of drug-likeness (QED) is 0.472. The second-order valence-electron chi connectivity index (χ2n) is 7.61. The van der Waals surface area contributed by atoms with Crippen LogP contribution in [0.4, 0.5) is 0 Å². The van der Waals surface area contributed by atoms with Crippen molar-refractivity contribution < 1.29 is 23.1 Å². The predicted molar refractivity (Wildman–Crippen MR) is 124 cm³/mol. The van der Waals surface area contributed by atoms with Crippen molar-refractivity contribution in [2.75, 3.05) is 7.05 Å². The molecule has 0 saturated carbocycles. The van der Waals surface area contributed by atoms with Gasteiger partial charge in [-0.25, -0.2) is 12.4 Å². The van der Waals surface area contributed by atoms with Crippen molar-refractivity contribution in [3.8, 4) is 5.75 Å². The molecule has 0 fully saturated rings. The third kappa shape index (κ3) is 3.07. The number of phenols is 1. The summed E-state index contributed by atoms with van der Waals surface area (Å²) < 4.78 is 28.0. The second kappa shape index (κ2) is 7.46. The molecule has 0 atom stereocenters. The number of likely N-dealkylation sites (N-methyl/N-ethyl adjacent to an activating group) is 1. The fourth-order valence-electron chi connectivity index (χ4n) is 4.08. The highest BCUT2D eigenvalue weighted by atomic mass is 32.2. The van der Waals surface area contributed by atoms with E-state index in [1.54, 1.807) is 60.7 Å². The van der Waals surface area contributed by atoms with E-state index in [4.69, 9.17) is 0 Å². The molecule has 0 saturated heterocycles. The summed E-state index contributed by atoms with van der Waals surface area (Å²) in [6, 6.07) is 21.0. The molecule has 1 aliphatic heterocycles. The third-order valence-electron chi connectivity index (χ3n) is 5.71. The second-order valence-corrected chi connectivity index (χ2v) is 9.43. The van der Waals surface area contributed by atoms with Crippen molar-refractivity contribution in [3.05, 3.63) is 96.2 Å².